The maximum atomic E-state index is 10.8. The Labute approximate surface area is 123 Å². The van der Waals surface area contributed by atoms with Gasteiger partial charge in [-0.25, -0.2) is 4.79 Å². The quantitative estimate of drug-likeness (QED) is 0.552. The summed E-state index contributed by atoms with van der Waals surface area (Å²) in [6.45, 7) is 0. The van der Waals surface area contributed by atoms with Gasteiger partial charge in [0.2, 0.25) is 0 Å². The van der Waals surface area contributed by atoms with E-state index in [2.05, 4.69) is 4.74 Å². The highest BCUT2D eigenvalue weighted by molar-refractivity contribution is 8.17. The third-order valence-corrected chi connectivity index (χ3v) is 5.76. The fourth-order valence-corrected chi connectivity index (χ4v) is 4.80. The first-order valence-electron chi connectivity index (χ1n) is 6.45. The summed E-state index contributed by atoms with van der Waals surface area (Å²) in [5.74, 6) is 1.90. The van der Waals surface area contributed by atoms with Crippen LogP contribution in [0.1, 0.15) is 25.7 Å². The van der Waals surface area contributed by atoms with Crippen LogP contribution in [0.5, 0.6) is 0 Å². The van der Waals surface area contributed by atoms with Crippen LogP contribution in [0.3, 0.4) is 0 Å². The summed E-state index contributed by atoms with van der Waals surface area (Å²) in [7, 11) is 1.31. The summed E-state index contributed by atoms with van der Waals surface area (Å²) >= 11 is 3.78. The van der Waals surface area contributed by atoms with E-state index >= 15 is 0 Å². The number of carbonyl (C=O) groups is 1. The number of aliphatic hydroxyl groups excluding tert-OH is 2. The van der Waals surface area contributed by atoms with Gasteiger partial charge in [0, 0.05) is 6.08 Å². The van der Waals surface area contributed by atoms with Gasteiger partial charge in [-0.1, -0.05) is 6.08 Å². The molecule has 1 saturated heterocycles. The number of carbonyl (C=O) groups excluding carboxylic acids is 1. The molecule has 1 rings (SSSR count). The molecular formula is C13H22O4S2. The number of esters is 1. The standard InChI is InChI=1S/C13H22O4S2/c1-17-12(16)5-2-4-10(14)8-11(15)9-13-18-6-3-7-19-13/h2,5,10-11,13-15H,3-4,6-9H2,1H3/b5-2+/t10-,11+/m0/s1. The highest BCUT2D eigenvalue weighted by Crippen LogP contribution is 2.34. The van der Waals surface area contributed by atoms with Crippen molar-refractivity contribution in [2.24, 2.45) is 0 Å². The summed E-state index contributed by atoms with van der Waals surface area (Å²) in [5, 5.41) is 19.7. The Balaban J connectivity index is 2.17. The lowest BCUT2D eigenvalue weighted by molar-refractivity contribution is -0.134. The van der Waals surface area contributed by atoms with Crippen molar-refractivity contribution in [3.63, 3.8) is 0 Å². The summed E-state index contributed by atoms with van der Waals surface area (Å²) in [6, 6.07) is 0. The molecule has 1 aliphatic heterocycles. The molecule has 0 amide bonds. The molecule has 1 heterocycles. The molecule has 1 aliphatic rings. The minimum atomic E-state index is -0.616. The van der Waals surface area contributed by atoms with E-state index in [1.54, 1.807) is 6.08 Å². The Morgan fingerprint density at radius 1 is 1.37 bits per heavy atom. The molecule has 0 aromatic carbocycles. The van der Waals surface area contributed by atoms with Gasteiger partial charge in [-0.15, -0.1) is 23.5 Å². The van der Waals surface area contributed by atoms with E-state index in [0.717, 1.165) is 11.5 Å². The van der Waals surface area contributed by atoms with Crippen LogP contribution >= 0.6 is 23.5 Å². The van der Waals surface area contributed by atoms with Crippen LogP contribution in [-0.4, -0.2) is 51.6 Å². The molecule has 6 heteroatoms. The second-order valence-electron chi connectivity index (χ2n) is 4.46. The first kappa shape index (κ1) is 16.9. The summed E-state index contributed by atoms with van der Waals surface area (Å²) < 4.78 is 4.90. The van der Waals surface area contributed by atoms with Crippen LogP contribution in [0.2, 0.25) is 0 Å². The zero-order valence-corrected chi connectivity index (χ0v) is 12.8. The van der Waals surface area contributed by atoms with Crippen LogP contribution < -0.4 is 0 Å². The fourth-order valence-electron chi connectivity index (χ4n) is 1.79. The van der Waals surface area contributed by atoms with Gasteiger partial charge in [0.15, 0.2) is 0 Å². The van der Waals surface area contributed by atoms with E-state index in [-0.39, 0.29) is 0 Å². The number of ether oxygens (including phenoxy) is 1. The molecule has 0 aliphatic carbocycles. The van der Waals surface area contributed by atoms with Crippen LogP contribution in [0.4, 0.5) is 0 Å². The van der Waals surface area contributed by atoms with E-state index < -0.39 is 18.2 Å². The van der Waals surface area contributed by atoms with Gasteiger partial charge in [-0.3, -0.25) is 0 Å². The summed E-state index contributed by atoms with van der Waals surface area (Å²) in [6.07, 6.45) is 4.44. The van der Waals surface area contributed by atoms with Crippen LogP contribution in [-0.2, 0) is 9.53 Å². The molecular weight excluding hydrogens is 284 g/mol. The van der Waals surface area contributed by atoms with Gasteiger partial charge in [0.25, 0.3) is 0 Å². The second-order valence-corrected chi connectivity index (χ2v) is 7.38. The van der Waals surface area contributed by atoms with E-state index in [1.807, 2.05) is 23.5 Å². The van der Waals surface area contributed by atoms with Crippen LogP contribution in [0, 0.1) is 0 Å². The predicted molar refractivity (Wildman–Crippen MR) is 80.3 cm³/mol. The molecule has 0 unspecified atom stereocenters. The largest absolute Gasteiger partial charge is 0.466 e. The number of rotatable bonds is 7. The van der Waals surface area contributed by atoms with Crippen LogP contribution in [0.15, 0.2) is 12.2 Å². The number of aliphatic hydroxyl groups is 2. The molecule has 19 heavy (non-hydrogen) atoms. The molecule has 2 N–H and O–H groups in total. The average molecular weight is 306 g/mol. The SMILES string of the molecule is COC(=O)/C=C/C[C@H](O)C[C@@H](O)CC1SCCCS1. The molecule has 2 atom stereocenters. The summed E-state index contributed by atoms with van der Waals surface area (Å²) in [4.78, 5) is 10.8. The lowest BCUT2D eigenvalue weighted by Crippen LogP contribution is -2.21. The van der Waals surface area contributed by atoms with Crippen molar-refractivity contribution in [2.45, 2.75) is 42.5 Å². The van der Waals surface area contributed by atoms with Crippen molar-refractivity contribution in [3.05, 3.63) is 12.2 Å². The third-order valence-electron chi connectivity index (χ3n) is 2.77. The number of thioether (sulfide) groups is 2. The van der Waals surface area contributed by atoms with Gasteiger partial charge >= 0.3 is 5.97 Å². The highest BCUT2D eigenvalue weighted by Gasteiger charge is 2.20. The smallest absolute Gasteiger partial charge is 0.330 e. The van der Waals surface area contributed by atoms with Crippen LogP contribution in [0.25, 0.3) is 0 Å². The fraction of sp³-hybridized carbons (Fsp3) is 0.769. The molecule has 1 fully saturated rings. The molecule has 0 bridgehead atoms. The Morgan fingerprint density at radius 3 is 2.68 bits per heavy atom. The average Bonchev–Trinajstić information content (AvgIpc) is 2.39. The third kappa shape index (κ3) is 7.87. The second kappa shape index (κ2) is 9.69. The van der Waals surface area contributed by atoms with Crippen molar-refractivity contribution in [3.8, 4) is 0 Å². The molecule has 0 radical (unpaired) electrons. The van der Waals surface area contributed by atoms with E-state index in [9.17, 15) is 15.0 Å². The van der Waals surface area contributed by atoms with Gasteiger partial charge in [0.05, 0.1) is 23.9 Å². The normalized spacial score (nSPS) is 20.4. The van der Waals surface area contributed by atoms with Gasteiger partial charge in [-0.05, 0) is 37.2 Å². The van der Waals surface area contributed by atoms with Gasteiger partial charge in [-0.2, -0.15) is 0 Å². The Kier molecular flexibility index (Phi) is 8.61. The minimum Gasteiger partial charge on any atom is -0.466 e. The first-order valence-corrected chi connectivity index (χ1v) is 8.55. The Bertz CT molecular complexity index is 290. The van der Waals surface area contributed by atoms with E-state index in [1.165, 1.54) is 19.6 Å². The first-order chi connectivity index (χ1) is 9.11. The van der Waals surface area contributed by atoms with Crippen molar-refractivity contribution in [1.82, 2.24) is 0 Å². The van der Waals surface area contributed by atoms with Crippen molar-refractivity contribution >= 4 is 29.5 Å². The highest BCUT2D eigenvalue weighted by atomic mass is 32.2. The van der Waals surface area contributed by atoms with E-state index in [0.29, 0.717) is 23.8 Å². The van der Waals surface area contributed by atoms with Crippen molar-refractivity contribution in [2.75, 3.05) is 18.6 Å². The monoisotopic (exact) mass is 306 g/mol. The number of methoxy groups -OCH3 is 1. The molecule has 0 aromatic rings. The maximum Gasteiger partial charge on any atom is 0.330 e. The van der Waals surface area contributed by atoms with Crippen molar-refractivity contribution < 1.29 is 19.7 Å². The predicted octanol–water partition coefficient (Wildman–Crippen LogP) is 1.80. The molecule has 0 aromatic heterocycles. The molecule has 110 valence electrons. The maximum absolute atomic E-state index is 10.8. The zero-order valence-electron chi connectivity index (χ0n) is 11.2. The molecule has 0 spiro atoms. The Morgan fingerprint density at radius 2 is 2.05 bits per heavy atom. The Hall–Kier alpha value is -0.170. The minimum absolute atomic E-state index is 0.350. The van der Waals surface area contributed by atoms with E-state index in [4.69, 9.17) is 0 Å². The molecule has 4 nitrogen and oxygen atoms in total. The molecule has 0 saturated carbocycles. The van der Waals surface area contributed by atoms with Gasteiger partial charge in [0.1, 0.15) is 0 Å². The summed E-state index contributed by atoms with van der Waals surface area (Å²) in [5.41, 5.74) is 0. The lowest BCUT2D eigenvalue weighted by Gasteiger charge is -2.24. The van der Waals surface area contributed by atoms with Gasteiger partial charge < -0.3 is 14.9 Å². The lowest BCUT2D eigenvalue weighted by atomic mass is 10.1. The topological polar surface area (TPSA) is 66.8 Å². The number of hydrogen-bond acceptors (Lipinski definition) is 6. The number of hydrogen-bond donors (Lipinski definition) is 2. The zero-order chi connectivity index (χ0) is 14.1. The van der Waals surface area contributed by atoms with Crippen molar-refractivity contribution in [1.29, 1.82) is 0 Å².